The molecule has 1 unspecified atom stereocenters. The van der Waals surface area contributed by atoms with Gasteiger partial charge in [0.15, 0.2) is 0 Å². The van der Waals surface area contributed by atoms with Crippen LogP contribution in [0.15, 0.2) is 52.8 Å². The van der Waals surface area contributed by atoms with Crippen molar-refractivity contribution < 1.29 is 22.4 Å². The summed E-state index contributed by atoms with van der Waals surface area (Å²) in [6.07, 6.45) is 4.18. The maximum absolute atomic E-state index is 13.0. The lowest BCUT2D eigenvalue weighted by atomic mass is 10.1. The summed E-state index contributed by atoms with van der Waals surface area (Å²) in [4.78, 5) is 5.77. The van der Waals surface area contributed by atoms with Gasteiger partial charge in [0.1, 0.15) is 17.6 Å². The van der Waals surface area contributed by atoms with Crippen LogP contribution in [0.4, 0.5) is 13.2 Å². The number of nitrogens with two attached hydrogens (primary N) is 1. The molecule has 4 rings (SSSR count). The van der Waals surface area contributed by atoms with Crippen molar-refractivity contribution in [1.82, 2.24) is 5.06 Å². The van der Waals surface area contributed by atoms with Crippen molar-refractivity contribution in [2.24, 2.45) is 5.73 Å². The van der Waals surface area contributed by atoms with E-state index in [1.54, 1.807) is 24.3 Å². The molecule has 2 heterocycles. The Morgan fingerprint density at radius 1 is 1.00 bits per heavy atom. The third-order valence-electron chi connectivity index (χ3n) is 5.38. The van der Waals surface area contributed by atoms with Crippen molar-refractivity contribution in [3.8, 4) is 11.3 Å². The number of nitrogens with zero attached hydrogens (tertiary/aromatic N) is 1. The molecule has 2 N–H and O–H groups in total. The van der Waals surface area contributed by atoms with Crippen molar-refractivity contribution in [1.29, 1.82) is 0 Å². The summed E-state index contributed by atoms with van der Waals surface area (Å²) in [5.41, 5.74) is 5.60. The smallest absolute Gasteiger partial charge is 0.416 e. The van der Waals surface area contributed by atoms with Crippen molar-refractivity contribution in [2.75, 3.05) is 0 Å². The molecular weight excluding hydrogens is 369 g/mol. The summed E-state index contributed by atoms with van der Waals surface area (Å²) in [5, 5.41) is 1.88. The average Bonchev–Trinajstić information content (AvgIpc) is 3.20. The summed E-state index contributed by atoms with van der Waals surface area (Å²) < 4.78 is 44.9. The minimum atomic E-state index is -4.39. The lowest BCUT2D eigenvalue weighted by molar-refractivity contribution is -0.158. The zero-order valence-corrected chi connectivity index (χ0v) is 15.4. The molecule has 1 fully saturated rings. The van der Waals surface area contributed by atoms with Crippen LogP contribution in [0.2, 0.25) is 0 Å². The Morgan fingerprint density at radius 2 is 1.75 bits per heavy atom. The minimum absolute atomic E-state index is 0.243. The summed E-state index contributed by atoms with van der Waals surface area (Å²) in [7, 11) is 0. The molecule has 0 bridgehead atoms. The Morgan fingerprint density at radius 3 is 2.46 bits per heavy atom. The molecule has 28 heavy (non-hydrogen) atoms. The van der Waals surface area contributed by atoms with Crippen LogP contribution in [0, 0.1) is 0 Å². The van der Waals surface area contributed by atoms with Crippen LogP contribution in [0.1, 0.15) is 55.9 Å². The first-order valence-corrected chi connectivity index (χ1v) is 9.63. The van der Waals surface area contributed by atoms with Gasteiger partial charge < -0.3 is 15.0 Å². The Bertz CT molecular complexity index is 851. The number of furan rings is 1. The van der Waals surface area contributed by atoms with E-state index in [9.17, 15) is 13.2 Å². The van der Waals surface area contributed by atoms with Gasteiger partial charge in [-0.3, -0.25) is 0 Å². The number of hydrogen-bond acceptors (Lipinski definition) is 4. The Kier molecular flexibility index (Phi) is 5.10. The molecule has 1 aliphatic carbocycles. The van der Waals surface area contributed by atoms with Crippen LogP contribution in [-0.4, -0.2) is 11.1 Å². The van der Waals surface area contributed by atoms with Gasteiger partial charge >= 0.3 is 6.18 Å². The molecule has 1 aromatic heterocycles. The van der Waals surface area contributed by atoms with E-state index in [2.05, 4.69) is 0 Å². The molecule has 2 aromatic rings. The fourth-order valence-electron chi connectivity index (χ4n) is 3.98. The van der Waals surface area contributed by atoms with Gasteiger partial charge in [-0.05, 0) is 37.1 Å². The number of alkyl halides is 3. The van der Waals surface area contributed by atoms with E-state index in [1.807, 2.05) is 5.06 Å². The van der Waals surface area contributed by atoms with E-state index >= 15 is 0 Å². The Balaban J connectivity index is 1.59. The second kappa shape index (κ2) is 7.54. The highest BCUT2D eigenvalue weighted by Gasteiger charge is 2.36. The number of hydroxylamine groups is 2. The van der Waals surface area contributed by atoms with E-state index in [0.29, 0.717) is 23.0 Å². The molecule has 0 spiro atoms. The van der Waals surface area contributed by atoms with Gasteiger partial charge in [0.25, 0.3) is 0 Å². The largest absolute Gasteiger partial charge is 0.459 e. The second-order valence-corrected chi connectivity index (χ2v) is 7.39. The van der Waals surface area contributed by atoms with Gasteiger partial charge in [0.2, 0.25) is 5.88 Å². The summed E-state index contributed by atoms with van der Waals surface area (Å²) in [5.74, 6) is 1.32. The van der Waals surface area contributed by atoms with Gasteiger partial charge in [0, 0.05) is 17.7 Å². The molecule has 0 amide bonds. The van der Waals surface area contributed by atoms with Crippen LogP contribution < -0.4 is 5.73 Å². The number of halogens is 3. The summed E-state index contributed by atoms with van der Waals surface area (Å²) in [6, 6.07) is 8.58. The van der Waals surface area contributed by atoms with E-state index in [0.717, 1.165) is 37.8 Å². The zero-order chi connectivity index (χ0) is 19.7. The highest BCUT2D eigenvalue weighted by atomic mass is 19.4. The van der Waals surface area contributed by atoms with Crippen molar-refractivity contribution >= 4 is 0 Å². The molecule has 0 saturated heterocycles. The summed E-state index contributed by atoms with van der Waals surface area (Å²) >= 11 is 0. The molecule has 7 heteroatoms. The quantitative estimate of drug-likeness (QED) is 0.673. The normalized spacial score (nSPS) is 22.0. The Hall–Kier alpha value is -2.41. The van der Waals surface area contributed by atoms with Gasteiger partial charge in [-0.1, -0.05) is 37.8 Å². The number of hydrogen-bond donors (Lipinski definition) is 1. The first-order chi connectivity index (χ1) is 13.4. The van der Waals surface area contributed by atoms with Crippen molar-refractivity contribution in [2.45, 2.75) is 56.8 Å². The third kappa shape index (κ3) is 3.90. The monoisotopic (exact) mass is 392 g/mol. The molecule has 1 atom stereocenters. The maximum atomic E-state index is 13.0. The number of rotatable bonds is 3. The first kappa shape index (κ1) is 18.9. The van der Waals surface area contributed by atoms with Crippen LogP contribution in [0.25, 0.3) is 11.3 Å². The highest BCUT2D eigenvalue weighted by molar-refractivity contribution is 5.59. The van der Waals surface area contributed by atoms with Crippen molar-refractivity contribution in [3.05, 3.63) is 59.7 Å². The standard InChI is InChI=1S/C21H23F3N2O2/c22-21(23,24)15-7-5-6-14(12-15)18-10-11-19(27-18)17-13-20(25)28-26(17)16-8-3-1-2-4-9-16/h5-7,10-13,16-17H,1-4,8-9,25H2. The second-order valence-electron chi connectivity index (χ2n) is 7.39. The molecule has 2 aliphatic rings. The van der Waals surface area contributed by atoms with E-state index in [4.69, 9.17) is 15.0 Å². The fourth-order valence-corrected chi connectivity index (χ4v) is 3.98. The number of benzene rings is 1. The van der Waals surface area contributed by atoms with Gasteiger partial charge in [0.05, 0.1) is 5.56 Å². The molecule has 1 aromatic carbocycles. The molecular formula is C21H23F3N2O2. The van der Waals surface area contributed by atoms with Crippen LogP contribution in [0.5, 0.6) is 0 Å². The predicted octanol–water partition coefficient (Wildman–Crippen LogP) is 5.78. The molecule has 1 saturated carbocycles. The van der Waals surface area contributed by atoms with Gasteiger partial charge in [-0.2, -0.15) is 13.2 Å². The third-order valence-corrected chi connectivity index (χ3v) is 5.38. The van der Waals surface area contributed by atoms with Crippen LogP contribution in [-0.2, 0) is 11.0 Å². The SMILES string of the molecule is NC1=CC(c2ccc(-c3cccc(C(F)(F)F)c3)o2)N(C2CCCCCC2)O1. The lowest BCUT2D eigenvalue weighted by Crippen LogP contribution is -2.34. The molecule has 150 valence electrons. The van der Waals surface area contributed by atoms with Crippen LogP contribution >= 0.6 is 0 Å². The average molecular weight is 392 g/mol. The zero-order valence-electron chi connectivity index (χ0n) is 15.4. The molecule has 4 nitrogen and oxygen atoms in total. The van der Waals surface area contributed by atoms with Gasteiger partial charge in [-0.25, -0.2) is 0 Å². The maximum Gasteiger partial charge on any atom is 0.416 e. The fraction of sp³-hybridized carbons (Fsp3) is 0.429. The minimum Gasteiger partial charge on any atom is -0.459 e. The molecule has 1 aliphatic heterocycles. The topological polar surface area (TPSA) is 51.6 Å². The predicted molar refractivity (Wildman–Crippen MR) is 98.6 cm³/mol. The van der Waals surface area contributed by atoms with E-state index in [1.165, 1.54) is 18.9 Å². The van der Waals surface area contributed by atoms with Crippen LogP contribution in [0.3, 0.4) is 0 Å². The molecule has 0 radical (unpaired) electrons. The van der Waals surface area contributed by atoms with Gasteiger partial charge in [-0.15, -0.1) is 5.06 Å². The van der Waals surface area contributed by atoms with E-state index in [-0.39, 0.29) is 12.1 Å². The highest BCUT2D eigenvalue weighted by Crippen LogP contribution is 2.38. The van der Waals surface area contributed by atoms with E-state index < -0.39 is 11.7 Å². The lowest BCUT2D eigenvalue weighted by Gasteiger charge is -2.29. The first-order valence-electron chi connectivity index (χ1n) is 9.63. The Labute approximate surface area is 161 Å². The van der Waals surface area contributed by atoms with Crippen molar-refractivity contribution in [3.63, 3.8) is 0 Å². The summed E-state index contributed by atoms with van der Waals surface area (Å²) in [6.45, 7) is 0.